The Labute approximate surface area is 128 Å². The third-order valence-electron chi connectivity index (χ3n) is 3.53. The van der Waals surface area contributed by atoms with Crippen LogP contribution in [0.2, 0.25) is 5.02 Å². The second-order valence-corrected chi connectivity index (χ2v) is 5.53. The smallest absolute Gasteiger partial charge is 0.113 e. The Morgan fingerprint density at radius 3 is 2.71 bits per heavy atom. The van der Waals surface area contributed by atoms with E-state index in [1.165, 1.54) is 0 Å². The molecule has 0 radical (unpaired) electrons. The van der Waals surface area contributed by atoms with Crippen LogP contribution in [0, 0.1) is 0 Å². The van der Waals surface area contributed by atoms with Crippen LogP contribution in [0.25, 0.3) is 11.0 Å². The zero-order chi connectivity index (χ0) is 14.7. The van der Waals surface area contributed by atoms with Gasteiger partial charge in [-0.05, 0) is 49.7 Å². The number of fused-ring (bicyclic) bond motifs is 1. The summed E-state index contributed by atoms with van der Waals surface area (Å²) >= 11 is 5.87. The molecule has 0 bridgehead atoms. The van der Waals surface area contributed by atoms with Gasteiger partial charge in [-0.1, -0.05) is 28.9 Å². The van der Waals surface area contributed by atoms with Crippen LogP contribution < -0.4 is 5.32 Å². The molecule has 108 valence electrons. The highest BCUT2D eigenvalue weighted by Gasteiger charge is 2.10. The molecule has 1 N–H and O–H groups in total. The number of hydrogen-bond donors (Lipinski definition) is 1. The van der Waals surface area contributed by atoms with E-state index in [-0.39, 0.29) is 6.04 Å². The molecule has 0 aliphatic carbocycles. The summed E-state index contributed by atoms with van der Waals surface area (Å²) in [5, 5.41) is 12.6. The van der Waals surface area contributed by atoms with Gasteiger partial charge in [-0.3, -0.25) is 0 Å². The fourth-order valence-electron chi connectivity index (χ4n) is 2.33. The molecule has 21 heavy (non-hydrogen) atoms. The highest BCUT2D eigenvalue weighted by atomic mass is 35.5. The van der Waals surface area contributed by atoms with Crippen LogP contribution in [0.4, 0.5) is 5.69 Å². The Hall–Kier alpha value is -2.07. The number of nitrogens with zero attached hydrogens (tertiary/aromatic N) is 3. The normalized spacial score (nSPS) is 12.5. The van der Waals surface area contributed by atoms with Gasteiger partial charge in [0.05, 0.1) is 11.6 Å². The topological polar surface area (TPSA) is 42.7 Å². The maximum absolute atomic E-state index is 5.87. The fraction of sp³-hybridized carbons (Fsp3) is 0.250. The van der Waals surface area contributed by atoms with Crippen LogP contribution >= 0.6 is 11.6 Å². The van der Waals surface area contributed by atoms with Crippen LogP contribution in [0.1, 0.15) is 19.4 Å². The van der Waals surface area contributed by atoms with E-state index in [4.69, 9.17) is 11.6 Å². The first kappa shape index (κ1) is 13.9. The molecule has 0 aliphatic heterocycles. The van der Waals surface area contributed by atoms with Crippen LogP contribution in [-0.2, 0) is 0 Å². The molecule has 1 heterocycles. The minimum absolute atomic E-state index is 0.289. The van der Waals surface area contributed by atoms with Gasteiger partial charge < -0.3 is 5.32 Å². The molecule has 0 aliphatic rings. The van der Waals surface area contributed by atoms with Crippen LogP contribution in [0.5, 0.6) is 0 Å². The molecular weight excluding hydrogens is 284 g/mol. The highest BCUT2D eigenvalue weighted by Crippen LogP contribution is 2.18. The Balaban J connectivity index is 1.61. The van der Waals surface area contributed by atoms with Gasteiger partial charge in [-0.25, -0.2) is 4.68 Å². The summed E-state index contributed by atoms with van der Waals surface area (Å²) in [5.41, 5.74) is 3.10. The van der Waals surface area contributed by atoms with Crippen molar-refractivity contribution in [1.29, 1.82) is 0 Å². The molecule has 0 spiro atoms. The van der Waals surface area contributed by atoms with Gasteiger partial charge in [0.25, 0.3) is 0 Å². The van der Waals surface area contributed by atoms with E-state index in [2.05, 4.69) is 28.6 Å². The van der Waals surface area contributed by atoms with Crippen molar-refractivity contribution in [2.24, 2.45) is 0 Å². The third kappa shape index (κ3) is 3.16. The maximum atomic E-state index is 5.87. The summed E-state index contributed by atoms with van der Waals surface area (Å²) in [7, 11) is 0. The van der Waals surface area contributed by atoms with Gasteiger partial charge in [0.1, 0.15) is 5.52 Å². The van der Waals surface area contributed by atoms with E-state index in [9.17, 15) is 0 Å². The number of para-hydroxylation sites is 1. The molecule has 3 rings (SSSR count). The fourth-order valence-corrected chi connectivity index (χ4v) is 2.45. The van der Waals surface area contributed by atoms with Crippen LogP contribution in [-0.4, -0.2) is 21.5 Å². The predicted octanol–water partition coefficient (Wildman–Crippen LogP) is 4.15. The highest BCUT2D eigenvalue weighted by molar-refractivity contribution is 6.30. The van der Waals surface area contributed by atoms with Gasteiger partial charge in [0, 0.05) is 17.3 Å². The average molecular weight is 301 g/mol. The first-order valence-corrected chi connectivity index (χ1v) is 7.41. The summed E-state index contributed by atoms with van der Waals surface area (Å²) in [6.07, 6.45) is 0.968. The number of aromatic nitrogens is 3. The Morgan fingerprint density at radius 2 is 1.90 bits per heavy atom. The van der Waals surface area contributed by atoms with E-state index in [1.807, 2.05) is 47.1 Å². The molecule has 1 aromatic heterocycles. The first-order valence-electron chi connectivity index (χ1n) is 7.03. The lowest BCUT2D eigenvalue weighted by Gasteiger charge is -2.13. The quantitative estimate of drug-likeness (QED) is 0.770. The van der Waals surface area contributed by atoms with E-state index in [1.54, 1.807) is 0 Å². The number of anilines is 1. The molecular formula is C16H17ClN4. The molecule has 0 amide bonds. The van der Waals surface area contributed by atoms with E-state index >= 15 is 0 Å². The number of halogens is 1. The average Bonchev–Trinajstić information content (AvgIpc) is 2.93. The van der Waals surface area contributed by atoms with E-state index in [0.29, 0.717) is 0 Å². The zero-order valence-corrected chi connectivity index (χ0v) is 12.6. The molecule has 0 saturated heterocycles. The monoisotopic (exact) mass is 300 g/mol. The van der Waals surface area contributed by atoms with Crippen LogP contribution in [0.3, 0.4) is 0 Å². The Bertz CT molecular complexity index is 720. The number of benzene rings is 2. The molecule has 0 fully saturated rings. The van der Waals surface area contributed by atoms with Crippen molar-refractivity contribution in [2.45, 2.75) is 19.4 Å². The number of hydrogen-bond acceptors (Lipinski definition) is 3. The summed E-state index contributed by atoms with van der Waals surface area (Å²) in [5.74, 6) is 0. The largest absolute Gasteiger partial charge is 0.385 e. The minimum atomic E-state index is 0.289. The third-order valence-corrected chi connectivity index (χ3v) is 3.78. The molecule has 0 saturated carbocycles. The Kier molecular flexibility index (Phi) is 4.06. The molecule has 3 aromatic rings. The van der Waals surface area contributed by atoms with Crippen molar-refractivity contribution in [3.63, 3.8) is 0 Å². The second-order valence-electron chi connectivity index (χ2n) is 5.09. The van der Waals surface area contributed by atoms with Crippen molar-refractivity contribution < 1.29 is 0 Å². The lowest BCUT2D eigenvalue weighted by molar-refractivity contribution is 0.470. The van der Waals surface area contributed by atoms with Gasteiger partial charge in [0.2, 0.25) is 0 Å². The summed E-state index contributed by atoms with van der Waals surface area (Å²) in [6.45, 7) is 3.03. The van der Waals surface area contributed by atoms with Crippen molar-refractivity contribution in [2.75, 3.05) is 11.9 Å². The number of rotatable bonds is 5. The summed E-state index contributed by atoms with van der Waals surface area (Å²) in [4.78, 5) is 0. The van der Waals surface area contributed by atoms with Crippen molar-refractivity contribution >= 4 is 28.3 Å². The minimum Gasteiger partial charge on any atom is -0.385 e. The molecule has 5 heteroatoms. The predicted molar refractivity (Wildman–Crippen MR) is 86.8 cm³/mol. The van der Waals surface area contributed by atoms with E-state index < -0.39 is 0 Å². The standard InChI is InChI=1S/C16H17ClN4/c1-12(10-11-18-14-8-6-13(17)7-9-14)21-16-5-3-2-4-15(16)19-20-21/h2-9,12,18H,10-11H2,1H3. The maximum Gasteiger partial charge on any atom is 0.113 e. The first-order chi connectivity index (χ1) is 10.2. The lowest BCUT2D eigenvalue weighted by Crippen LogP contribution is -2.12. The van der Waals surface area contributed by atoms with Gasteiger partial charge >= 0.3 is 0 Å². The van der Waals surface area contributed by atoms with Crippen molar-refractivity contribution in [3.05, 3.63) is 53.6 Å². The SMILES string of the molecule is CC(CCNc1ccc(Cl)cc1)n1nnc2ccccc21. The van der Waals surface area contributed by atoms with Gasteiger partial charge in [-0.2, -0.15) is 0 Å². The number of nitrogens with one attached hydrogen (secondary N) is 1. The molecule has 1 unspecified atom stereocenters. The summed E-state index contributed by atoms with van der Waals surface area (Å²) < 4.78 is 1.98. The van der Waals surface area contributed by atoms with Gasteiger partial charge in [-0.15, -0.1) is 5.10 Å². The van der Waals surface area contributed by atoms with Crippen LogP contribution in [0.15, 0.2) is 48.5 Å². The molecule has 2 aromatic carbocycles. The Morgan fingerprint density at radius 1 is 1.14 bits per heavy atom. The molecule has 4 nitrogen and oxygen atoms in total. The van der Waals surface area contributed by atoms with Crippen molar-refractivity contribution in [1.82, 2.24) is 15.0 Å². The van der Waals surface area contributed by atoms with Gasteiger partial charge in [0.15, 0.2) is 0 Å². The zero-order valence-electron chi connectivity index (χ0n) is 11.8. The van der Waals surface area contributed by atoms with E-state index in [0.717, 1.165) is 34.7 Å². The lowest BCUT2D eigenvalue weighted by atomic mass is 10.2. The second kappa shape index (κ2) is 6.14. The van der Waals surface area contributed by atoms with Crippen molar-refractivity contribution in [3.8, 4) is 0 Å². The molecule has 1 atom stereocenters. The summed E-state index contributed by atoms with van der Waals surface area (Å²) in [6, 6.07) is 16.1.